The Morgan fingerprint density at radius 1 is 0.833 bits per heavy atom. The summed E-state index contributed by atoms with van der Waals surface area (Å²) in [5, 5.41) is 0. The molecule has 0 N–H and O–H groups in total. The van der Waals surface area contributed by atoms with Gasteiger partial charge in [-0.05, 0) is 90.4 Å². The van der Waals surface area contributed by atoms with Gasteiger partial charge >= 0.3 is 0 Å². The lowest BCUT2D eigenvalue weighted by Crippen LogP contribution is -2.43. The van der Waals surface area contributed by atoms with Gasteiger partial charge in [0.2, 0.25) is 0 Å². The first-order valence-electron chi connectivity index (χ1n) is 12.7. The van der Waals surface area contributed by atoms with Crippen LogP contribution in [0, 0.1) is 11.8 Å². The second-order valence-corrected chi connectivity index (χ2v) is 10.3. The number of anilines is 1. The average Bonchev–Trinajstić information content (AvgIpc) is 2.80. The van der Waals surface area contributed by atoms with Crippen molar-refractivity contribution in [2.24, 2.45) is 11.8 Å². The Bertz CT molecular complexity index is 621. The summed E-state index contributed by atoms with van der Waals surface area (Å²) in [4.78, 5) is 17.4. The van der Waals surface area contributed by atoms with Crippen molar-refractivity contribution in [2.75, 3.05) is 50.7 Å². The largest absolute Gasteiger partial charge is 0.355 e. The van der Waals surface area contributed by atoms with Gasteiger partial charge in [-0.3, -0.25) is 4.98 Å². The molecule has 0 bridgehead atoms. The topological polar surface area (TPSA) is 35.5 Å². The molecule has 3 aliphatic heterocycles. The summed E-state index contributed by atoms with van der Waals surface area (Å²) in [6, 6.07) is 0.706. The first kappa shape index (κ1) is 22.0. The predicted octanol–water partition coefficient (Wildman–Crippen LogP) is 4.40. The third-order valence-electron chi connectivity index (χ3n) is 8.08. The van der Waals surface area contributed by atoms with Gasteiger partial charge in [0.1, 0.15) is 5.82 Å². The van der Waals surface area contributed by atoms with Crippen LogP contribution >= 0.6 is 0 Å². The van der Waals surface area contributed by atoms with Gasteiger partial charge in [-0.25, -0.2) is 4.98 Å². The zero-order valence-corrected chi connectivity index (χ0v) is 19.6. The van der Waals surface area contributed by atoms with E-state index < -0.39 is 0 Å². The highest BCUT2D eigenvalue weighted by Gasteiger charge is 2.27. The molecule has 0 amide bonds. The van der Waals surface area contributed by atoms with Crippen LogP contribution in [0.4, 0.5) is 5.82 Å². The first-order chi connectivity index (χ1) is 14.6. The normalized spacial score (nSPS) is 24.1. The van der Waals surface area contributed by atoms with Gasteiger partial charge in [-0.15, -0.1) is 0 Å². The average molecular weight is 414 g/mol. The van der Waals surface area contributed by atoms with Crippen molar-refractivity contribution in [3.05, 3.63) is 18.1 Å². The summed E-state index contributed by atoms with van der Waals surface area (Å²) in [5.74, 6) is 3.48. The van der Waals surface area contributed by atoms with Crippen molar-refractivity contribution in [3.63, 3.8) is 0 Å². The number of hydrogen-bond donors (Lipinski definition) is 0. The molecule has 3 fully saturated rings. The Morgan fingerprint density at radius 2 is 1.50 bits per heavy atom. The minimum absolute atomic E-state index is 0.594. The molecule has 3 aliphatic rings. The van der Waals surface area contributed by atoms with Crippen LogP contribution in [0.3, 0.4) is 0 Å². The van der Waals surface area contributed by atoms with Crippen molar-refractivity contribution in [3.8, 4) is 0 Å². The monoisotopic (exact) mass is 413 g/mol. The van der Waals surface area contributed by atoms with E-state index in [1.165, 1.54) is 83.4 Å². The lowest BCUT2D eigenvalue weighted by atomic mass is 9.91. The van der Waals surface area contributed by atoms with Crippen molar-refractivity contribution >= 4 is 5.82 Å². The molecule has 0 spiro atoms. The van der Waals surface area contributed by atoms with Crippen molar-refractivity contribution in [2.45, 2.75) is 77.7 Å². The molecule has 0 aromatic carbocycles. The molecule has 3 saturated heterocycles. The zero-order chi connectivity index (χ0) is 20.9. The van der Waals surface area contributed by atoms with Crippen molar-refractivity contribution < 1.29 is 0 Å². The van der Waals surface area contributed by atoms with Crippen LogP contribution < -0.4 is 4.90 Å². The van der Waals surface area contributed by atoms with Gasteiger partial charge in [0.05, 0.1) is 18.1 Å². The van der Waals surface area contributed by atoms with E-state index in [1.807, 2.05) is 6.20 Å². The van der Waals surface area contributed by atoms with E-state index in [0.717, 1.165) is 30.7 Å². The highest BCUT2D eigenvalue weighted by atomic mass is 15.2. The van der Waals surface area contributed by atoms with Gasteiger partial charge in [0.25, 0.3) is 0 Å². The maximum atomic E-state index is 4.85. The van der Waals surface area contributed by atoms with E-state index in [2.05, 4.69) is 41.7 Å². The Balaban J connectivity index is 1.21. The summed E-state index contributed by atoms with van der Waals surface area (Å²) >= 11 is 0. The molecule has 0 unspecified atom stereocenters. The minimum atomic E-state index is 0.594. The molecule has 4 rings (SSSR count). The zero-order valence-electron chi connectivity index (χ0n) is 19.6. The highest BCUT2D eigenvalue weighted by Crippen LogP contribution is 2.29. The molecule has 0 radical (unpaired) electrons. The standard InChI is InChI=1S/C25H43N5/c1-4-21-5-15-30(16-6-21)25-18-26-24(17-27-25)23-9-11-28(12-10-23)19-22-7-13-29(14-8-22)20(2)3/h17-18,20-23H,4-16,19H2,1-3H3. The maximum Gasteiger partial charge on any atom is 0.147 e. The summed E-state index contributed by atoms with van der Waals surface area (Å²) in [7, 11) is 0. The van der Waals surface area contributed by atoms with Crippen LogP contribution in [-0.2, 0) is 0 Å². The van der Waals surface area contributed by atoms with E-state index in [1.54, 1.807) is 0 Å². The van der Waals surface area contributed by atoms with E-state index in [-0.39, 0.29) is 0 Å². The van der Waals surface area contributed by atoms with Crippen LogP contribution in [0.5, 0.6) is 0 Å². The minimum Gasteiger partial charge on any atom is -0.355 e. The number of rotatable bonds is 6. The molecular weight excluding hydrogens is 370 g/mol. The number of piperidine rings is 3. The van der Waals surface area contributed by atoms with Crippen LogP contribution in [0.2, 0.25) is 0 Å². The van der Waals surface area contributed by atoms with Crippen LogP contribution in [0.15, 0.2) is 12.4 Å². The fourth-order valence-electron chi connectivity index (χ4n) is 5.70. The molecule has 5 heteroatoms. The number of nitrogens with zero attached hydrogens (tertiary/aromatic N) is 5. The van der Waals surface area contributed by atoms with E-state index in [0.29, 0.717) is 12.0 Å². The molecule has 168 valence electrons. The first-order valence-corrected chi connectivity index (χ1v) is 12.7. The van der Waals surface area contributed by atoms with E-state index >= 15 is 0 Å². The molecule has 0 saturated carbocycles. The number of likely N-dealkylation sites (tertiary alicyclic amines) is 2. The SMILES string of the molecule is CCC1CCN(c2cnc(C3CCN(CC4CCN(C(C)C)CC4)CC3)cn2)CC1. The summed E-state index contributed by atoms with van der Waals surface area (Å²) in [6.45, 7) is 15.6. The lowest BCUT2D eigenvalue weighted by molar-refractivity contribution is 0.110. The Morgan fingerprint density at radius 3 is 2.07 bits per heavy atom. The third-order valence-corrected chi connectivity index (χ3v) is 8.08. The second kappa shape index (κ2) is 10.4. The second-order valence-electron chi connectivity index (χ2n) is 10.3. The van der Waals surface area contributed by atoms with Gasteiger partial charge in [-0.2, -0.15) is 0 Å². The number of hydrogen-bond acceptors (Lipinski definition) is 5. The Labute approximate surface area is 184 Å². The summed E-state index contributed by atoms with van der Waals surface area (Å²) in [6.07, 6.45) is 13.3. The van der Waals surface area contributed by atoms with E-state index in [4.69, 9.17) is 9.97 Å². The molecule has 0 atom stereocenters. The van der Waals surface area contributed by atoms with Crippen LogP contribution in [0.1, 0.15) is 77.3 Å². The van der Waals surface area contributed by atoms with Crippen LogP contribution in [-0.4, -0.2) is 71.6 Å². The summed E-state index contributed by atoms with van der Waals surface area (Å²) < 4.78 is 0. The number of aromatic nitrogens is 2. The fourth-order valence-corrected chi connectivity index (χ4v) is 5.70. The Hall–Kier alpha value is -1.20. The van der Waals surface area contributed by atoms with Crippen LogP contribution in [0.25, 0.3) is 0 Å². The van der Waals surface area contributed by atoms with Gasteiger partial charge in [0, 0.05) is 31.6 Å². The smallest absolute Gasteiger partial charge is 0.147 e. The molecule has 1 aromatic rings. The van der Waals surface area contributed by atoms with Crippen molar-refractivity contribution in [1.82, 2.24) is 19.8 Å². The summed E-state index contributed by atoms with van der Waals surface area (Å²) in [5.41, 5.74) is 1.21. The predicted molar refractivity (Wildman–Crippen MR) is 125 cm³/mol. The van der Waals surface area contributed by atoms with Gasteiger partial charge < -0.3 is 14.7 Å². The Kier molecular flexibility index (Phi) is 7.64. The molecular formula is C25H43N5. The van der Waals surface area contributed by atoms with Crippen molar-refractivity contribution in [1.29, 1.82) is 0 Å². The van der Waals surface area contributed by atoms with E-state index in [9.17, 15) is 0 Å². The van der Waals surface area contributed by atoms with Gasteiger partial charge in [-0.1, -0.05) is 13.3 Å². The maximum absolute atomic E-state index is 4.85. The third kappa shape index (κ3) is 5.53. The molecule has 1 aromatic heterocycles. The molecule has 0 aliphatic carbocycles. The molecule has 4 heterocycles. The fraction of sp³-hybridized carbons (Fsp3) is 0.840. The highest BCUT2D eigenvalue weighted by molar-refractivity contribution is 5.36. The quantitative estimate of drug-likeness (QED) is 0.691. The molecule has 5 nitrogen and oxygen atoms in total. The molecule has 30 heavy (non-hydrogen) atoms. The van der Waals surface area contributed by atoms with Gasteiger partial charge in [0.15, 0.2) is 0 Å². The lowest BCUT2D eigenvalue weighted by Gasteiger charge is -2.38.